The Labute approximate surface area is 93.3 Å². The summed E-state index contributed by atoms with van der Waals surface area (Å²) in [6.45, 7) is 2.02. The van der Waals surface area contributed by atoms with Crippen molar-refractivity contribution < 1.29 is 4.39 Å². The molecule has 2 heterocycles. The van der Waals surface area contributed by atoms with E-state index in [1.807, 2.05) is 0 Å². The summed E-state index contributed by atoms with van der Waals surface area (Å²) in [4.78, 5) is 4.22. The van der Waals surface area contributed by atoms with Gasteiger partial charge < -0.3 is 9.88 Å². The van der Waals surface area contributed by atoms with E-state index >= 15 is 0 Å². The third-order valence-corrected chi connectivity index (χ3v) is 3.16. The minimum absolute atomic E-state index is 0.225. The van der Waals surface area contributed by atoms with Crippen LogP contribution >= 0.6 is 0 Å². The van der Waals surface area contributed by atoms with Crippen LogP contribution in [-0.4, -0.2) is 22.1 Å². The van der Waals surface area contributed by atoms with Gasteiger partial charge in [0.05, 0.1) is 17.4 Å². The first-order chi connectivity index (χ1) is 7.83. The van der Waals surface area contributed by atoms with Gasteiger partial charge in [0.25, 0.3) is 0 Å². The number of hydrogen-bond acceptors (Lipinski definition) is 2. The van der Waals surface area contributed by atoms with Crippen LogP contribution in [0, 0.1) is 5.82 Å². The molecular weight excluding hydrogens is 205 g/mol. The molecule has 1 aliphatic rings. The van der Waals surface area contributed by atoms with Crippen molar-refractivity contribution in [3.05, 3.63) is 30.3 Å². The first kappa shape index (κ1) is 9.78. The van der Waals surface area contributed by atoms with Crippen LogP contribution in [0.15, 0.2) is 24.5 Å². The zero-order valence-electron chi connectivity index (χ0n) is 8.99. The second kappa shape index (κ2) is 3.87. The first-order valence-electron chi connectivity index (χ1n) is 5.67. The Morgan fingerprint density at radius 1 is 1.50 bits per heavy atom. The van der Waals surface area contributed by atoms with Crippen molar-refractivity contribution in [1.82, 2.24) is 14.9 Å². The number of benzene rings is 1. The molecule has 1 fully saturated rings. The summed E-state index contributed by atoms with van der Waals surface area (Å²) in [6.07, 6.45) is 4.25. The average molecular weight is 219 g/mol. The Morgan fingerprint density at radius 2 is 2.44 bits per heavy atom. The number of nitrogens with zero attached hydrogens (tertiary/aromatic N) is 2. The minimum atomic E-state index is -0.225. The van der Waals surface area contributed by atoms with Crippen LogP contribution in [-0.2, 0) is 6.54 Å². The number of aromatic nitrogens is 2. The number of halogens is 1. The maximum Gasteiger partial charge on any atom is 0.125 e. The van der Waals surface area contributed by atoms with Gasteiger partial charge in [-0.2, -0.15) is 0 Å². The van der Waals surface area contributed by atoms with Crippen LogP contribution in [0.3, 0.4) is 0 Å². The van der Waals surface area contributed by atoms with E-state index in [0.717, 1.165) is 24.1 Å². The smallest absolute Gasteiger partial charge is 0.125 e. The Balaban J connectivity index is 1.91. The summed E-state index contributed by atoms with van der Waals surface area (Å²) >= 11 is 0. The van der Waals surface area contributed by atoms with E-state index in [1.165, 1.54) is 25.0 Å². The molecule has 1 aliphatic heterocycles. The van der Waals surface area contributed by atoms with Crippen molar-refractivity contribution in [2.45, 2.75) is 25.4 Å². The third-order valence-electron chi connectivity index (χ3n) is 3.16. The van der Waals surface area contributed by atoms with Gasteiger partial charge in [0.1, 0.15) is 5.82 Å². The van der Waals surface area contributed by atoms with Crippen LogP contribution in [0.5, 0.6) is 0 Å². The van der Waals surface area contributed by atoms with Crippen LogP contribution in [0.2, 0.25) is 0 Å². The van der Waals surface area contributed by atoms with E-state index in [0.29, 0.717) is 6.04 Å². The number of hydrogen-bond donors (Lipinski definition) is 1. The summed E-state index contributed by atoms with van der Waals surface area (Å²) in [6, 6.07) is 5.30. The van der Waals surface area contributed by atoms with Crippen molar-refractivity contribution in [2.75, 3.05) is 6.54 Å². The molecule has 1 aromatic carbocycles. The zero-order chi connectivity index (χ0) is 11.0. The molecule has 2 aromatic rings. The van der Waals surface area contributed by atoms with E-state index in [1.54, 1.807) is 12.4 Å². The van der Waals surface area contributed by atoms with Crippen LogP contribution < -0.4 is 5.32 Å². The molecular formula is C12H14FN3. The topological polar surface area (TPSA) is 29.9 Å². The molecule has 0 radical (unpaired) electrons. The standard InChI is InChI=1S/C12H14FN3/c13-9-3-4-12-11(6-9)15-8-16(12)7-10-2-1-5-14-10/h3-4,6,8,10,14H,1-2,5,7H2. The Hall–Kier alpha value is -1.42. The highest BCUT2D eigenvalue weighted by molar-refractivity contribution is 5.75. The molecule has 0 spiro atoms. The van der Waals surface area contributed by atoms with Gasteiger partial charge in [-0.15, -0.1) is 0 Å². The van der Waals surface area contributed by atoms with E-state index in [4.69, 9.17) is 0 Å². The molecule has 0 bridgehead atoms. The molecule has 3 nitrogen and oxygen atoms in total. The lowest BCUT2D eigenvalue weighted by molar-refractivity contribution is 0.517. The maximum absolute atomic E-state index is 13.0. The molecule has 0 amide bonds. The fourth-order valence-electron chi connectivity index (χ4n) is 2.33. The highest BCUT2D eigenvalue weighted by Crippen LogP contribution is 2.16. The number of imidazole rings is 1. The van der Waals surface area contributed by atoms with Crippen molar-refractivity contribution in [3.8, 4) is 0 Å². The van der Waals surface area contributed by atoms with Gasteiger partial charge >= 0.3 is 0 Å². The molecule has 16 heavy (non-hydrogen) atoms. The average Bonchev–Trinajstić information content (AvgIpc) is 2.89. The second-order valence-corrected chi connectivity index (χ2v) is 4.32. The van der Waals surface area contributed by atoms with Gasteiger partial charge in [0.15, 0.2) is 0 Å². The molecule has 1 aromatic heterocycles. The molecule has 1 N–H and O–H groups in total. The van der Waals surface area contributed by atoms with Crippen molar-refractivity contribution >= 4 is 11.0 Å². The molecule has 4 heteroatoms. The maximum atomic E-state index is 13.0. The summed E-state index contributed by atoms with van der Waals surface area (Å²) < 4.78 is 15.1. The monoisotopic (exact) mass is 219 g/mol. The van der Waals surface area contributed by atoms with Gasteiger partial charge in [0, 0.05) is 18.7 Å². The fraction of sp³-hybridized carbons (Fsp3) is 0.417. The lowest BCUT2D eigenvalue weighted by Gasteiger charge is -2.11. The van der Waals surface area contributed by atoms with E-state index in [2.05, 4.69) is 14.9 Å². The Bertz CT molecular complexity index is 500. The fourth-order valence-corrected chi connectivity index (χ4v) is 2.33. The quantitative estimate of drug-likeness (QED) is 0.836. The Kier molecular flexibility index (Phi) is 2.36. The molecule has 0 saturated carbocycles. The van der Waals surface area contributed by atoms with Crippen LogP contribution in [0.1, 0.15) is 12.8 Å². The lowest BCUT2D eigenvalue weighted by Crippen LogP contribution is -2.26. The molecule has 3 rings (SSSR count). The largest absolute Gasteiger partial charge is 0.329 e. The highest BCUT2D eigenvalue weighted by Gasteiger charge is 2.15. The van der Waals surface area contributed by atoms with E-state index < -0.39 is 0 Å². The lowest BCUT2D eigenvalue weighted by atomic mass is 10.2. The van der Waals surface area contributed by atoms with Crippen molar-refractivity contribution in [2.24, 2.45) is 0 Å². The molecule has 1 unspecified atom stereocenters. The van der Waals surface area contributed by atoms with Gasteiger partial charge in [-0.05, 0) is 31.5 Å². The predicted octanol–water partition coefficient (Wildman–Crippen LogP) is 1.93. The van der Waals surface area contributed by atoms with Gasteiger partial charge in [-0.3, -0.25) is 0 Å². The van der Waals surface area contributed by atoms with Gasteiger partial charge in [-0.1, -0.05) is 0 Å². The predicted molar refractivity (Wildman–Crippen MR) is 60.7 cm³/mol. The minimum Gasteiger partial charge on any atom is -0.329 e. The number of nitrogens with one attached hydrogen (secondary N) is 1. The number of rotatable bonds is 2. The van der Waals surface area contributed by atoms with E-state index in [9.17, 15) is 4.39 Å². The zero-order valence-corrected chi connectivity index (χ0v) is 8.99. The molecule has 1 saturated heterocycles. The highest BCUT2D eigenvalue weighted by atomic mass is 19.1. The summed E-state index contributed by atoms with van der Waals surface area (Å²) in [7, 11) is 0. The van der Waals surface area contributed by atoms with Gasteiger partial charge in [-0.25, -0.2) is 9.37 Å². The SMILES string of the molecule is Fc1ccc2c(c1)ncn2CC1CCCN1. The molecule has 0 aliphatic carbocycles. The number of fused-ring (bicyclic) bond motifs is 1. The first-order valence-corrected chi connectivity index (χ1v) is 5.67. The second-order valence-electron chi connectivity index (χ2n) is 4.32. The van der Waals surface area contributed by atoms with Crippen molar-refractivity contribution in [3.63, 3.8) is 0 Å². The third kappa shape index (κ3) is 1.69. The van der Waals surface area contributed by atoms with Crippen LogP contribution in [0.4, 0.5) is 4.39 Å². The molecule has 84 valence electrons. The normalized spacial score (nSPS) is 20.7. The Morgan fingerprint density at radius 3 is 3.25 bits per heavy atom. The summed E-state index contributed by atoms with van der Waals surface area (Å²) in [5.41, 5.74) is 1.74. The summed E-state index contributed by atoms with van der Waals surface area (Å²) in [5, 5.41) is 3.45. The van der Waals surface area contributed by atoms with Crippen LogP contribution in [0.25, 0.3) is 11.0 Å². The van der Waals surface area contributed by atoms with E-state index in [-0.39, 0.29) is 5.82 Å². The molecule has 1 atom stereocenters. The summed E-state index contributed by atoms with van der Waals surface area (Å²) in [5.74, 6) is -0.225. The van der Waals surface area contributed by atoms with Crippen molar-refractivity contribution in [1.29, 1.82) is 0 Å². The van der Waals surface area contributed by atoms with Gasteiger partial charge in [0.2, 0.25) is 0 Å².